The van der Waals surface area contributed by atoms with Gasteiger partial charge in [0, 0.05) is 6.42 Å². The maximum absolute atomic E-state index is 5.68. The van der Waals surface area contributed by atoms with Crippen LogP contribution >= 0.6 is 0 Å². The molecule has 0 bridgehead atoms. The normalized spacial score (nSPS) is 10.3. The first kappa shape index (κ1) is 12.7. The molecule has 0 aliphatic heterocycles. The van der Waals surface area contributed by atoms with Gasteiger partial charge in [0.2, 0.25) is 0 Å². The third kappa shape index (κ3) is 2.92. The lowest BCUT2D eigenvalue weighted by Gasteiger charge is -2.12. The van der Waals surface area contributed by atoms with Gasteiger partial charge in [0.1, 0.15) is 5.75 Å². The van der Waals surface area contributed by atoms with Crippen LogP contribution in [0.5, 0.6) is 5.75 Å². The van der Waals surface area contributed by atoms with E-state index in [4.69, 9.17) is 4.74 Å². The van der Waals surface area contributed by atoms with Crippen LogP contribution in [0.1, 0.15) is 30.5 Å². The van der Waals surface area contributed by atoms with Crippen molar-refractivity contribution in [2.24, 2.45) is 0 Å². The molecule has 0 radical (unpaired) electrons. The number of ether oxygens (including phenoxy) is 1. The number of aryl methyl sites for hydroxylation is 1. The van der Waals surface area contributed by atoms with Crippen molar-refractivity contribution in [1.82, 2.24) is 0 Å². The van der Waals surface area contributed by atoms with Gasteiger partial charge in [0.05, 0.1) is 6.61 Å². The van der Waals surface area contributed by atoms with Crippen molar-refractivity contribution in [2.45, 2.75) is 26.7 Å². The first-order valence-corrected chi connectivity index (χ1v) is 6.62. The number of hydrogen-bond acceptors (Lipinski definition) is 1. The second-order valence-corrected chi connectivity index (χ2v) is 4.34. The van der Waals surface area contributed by atoms with E-state index < -0.39 is 0 Å². The fourth-order valence-corrected chi connectivity index (χ4v) is 2.23. The van der Waals surface area contributed by atoms with Crippen LogP contribution in [-0.2, 0) is 12.8 Å². The fourth-order valence-electron chi connectivity index (χ4n) is 2.23. The molecule has 0 atom stereocenters. The van der Waals surface area contributed by atoms with Crippen LogP contribution in [0.15, 0.2) is 48.5 Å². The molecule has 1 nitrogen and oxygen atoms in total. The summed E-state index contributed by atoms with van der Waals surface area (Å²) in [5, 5.41) is 0. The lowest BCUT2D eigenvalue weighted by molar-refractivity contribution is 0.337. The van der Waals surface area contributed by atoms with E-state index in [1.165, 1.54) is 16.7 Å². The van der Waals surface area contributed by atoms with E-state index in [0.29, 0.717) is 6.61 Å². The van der Waals surface area contributed by atoms with E-state index in [1.807, 2.05) is 19.1 Å². The van der Waals surface area contributed by atoms with E-state index in [0.717, 1.165) is 18.6 Å². The van der Waals surface area contributed by atoms with Crippen molar-refractivity contribution in [3.05, 3.63) is 65.2 Å². The highest BCUT2D eigenvalue weighted by Crippen LogP contribution is 2.23. The Bertz CT molecular complexity index is 502. The Morgan fingerprint density at radius 2 is 1.39 bits per heavy atom. The maximum atomic E-state index is 5.68. The van der Waals surface area contributed by atoms with Crippen molar-refractivity contribution in [1.29, 1.82) is 0 Å². The summed E-state index contributed by atoms with van der Waals surface area (Å²) >= 11 is 0. The van der Waals surface area contributed by atoms with Gasteiger partial charge >= 0.3 is 0 Å². The summed E-state index contributed by atoms with van der Waals surface area (Å²) in [4.78, 5) is 0. The Morgan fingerprint density at radius 3 is 2.06 bits per heavy atom. The summed E-state index contributed by atoms with van der Waals surface area (Å²) in [6.07, 6.45) is 2.02. The molecule has 0 unspecified atom stereocenters. The number of rotatable bonds is 5. The van der Waals surface area contributed by atoms with Crippen molar-refractivity contribution < 1.29 is 4.74 Å². The Kier molecular flexibility index (Phi) is 4.40. The van der Waals surface area contributed by atoms with Gasteiger partial charge in [0.25, 0.3) is 0 Å². The summed E-state index contributed by atoms with van der Waals surface area (Å²) in [5.74, 6) is 1.01. The van der Waals surface area contributed by atoms with Crippen LogP contribution in [0.25, 0.3) is 0 Å². The smallest absolute Gasteiger partial charge is 0.122 e. The Hall–Kier alpha value is -1.76. The molecule has 0 aromatic heterocycles. The zero-order valence-electron chi connectivity index (χ0n) is 11.1. The quantitative estimate of drug-likeness (QED) is 0.759. The molecule has 1 heteroatoms. The van der Waals surface area contributed by atoms with E-state index in [1.54, 1.807) is 0 Å². The molecule has 2 rings (SSSR count). The SMILES string of the molecule is CCOc1ccccc1Cc1ccccc1CC. The minimum atomic E-state index is 0.715. The highest BCUT2D eigenvalue weighted by atomic mass is 16.5. The standard InChI is InChI=1S/C17H20O/c1-3-14-9-5-6-10-15(14)13-16-11-7-8-12-17(16)18-4-2/h5-12H,3-4,13H2,1-2H3. The van der Waals surface area contributed by atoms with Crippen LogP contribution in [-0.4, -0.2) is 6.61 Å². The third-order valence-corrected chi connectivity index (χ3v) is 3.15. The molecule has 2 aromatic rings. The van der Waals surface area contributed by atoms with Crippen LogP contribution < -0.4 is 4.74 Å². The maximum Gasteiger partial charge on any atom is 0.122 e. The van der Waals surface area contributed by atoms with Gasteiger partial charge in [-0.25, -0.2) is 0 Å². The average molecular weight is 240 g/mol. The second kappa shape index (κ2) is 6.25. The van der Waals surface area contributed by atoms with Gasteiger partial charge in [-0.05, 0) is 36.1 Å². The van der Waals surface area contributed by atoms with Crippen LogP contribution in [0.3, 0.4) is 0 Å². The summed E-state index contributed by atoms with van der Waals surface area (Å²) in [6, 6.07) is 16.9. The van der Waals surface area contributed by atoms with E-state index in [-0.39, 0.29) is 0 Å². The number of hydrogen-bond donors (Lipinski definition) is 0. The van der Waals surface area contributed by atoms with Gasteiger partial charge in [-0.1, -0.05) is 49.4 Å². The molecule has 0 heterocycles. The summed E-state index contributed by atoms with van der Waals surface area (Å²) in [7, 11) is 0. The Labute approximate surface area is 109 Å². The fraction of sp³-hybridized carbons (Fsp3) is 0.294. The molecule has 0 amide bonds. The van der Waals surface area contributed by atoms with Crippen LogP contribution in [0.4, 0.5) is 0 Å². The molecule has 0 N–H and O–H groups in total. The molecule has 0 fully saturated rings. The van der Waals surface area contributed by atoms with E-state index in [9.17, 15) is 0 Å². The summed E-state index contributed by atoms with van der Waals surface area (Å²) < 4.78 is 5.68. The van der Waals surface area contributed by atoms with Gasteiger partial charge in [0.15, 0.2) is 0 Å². The topological polar surface area (TPSA) is 9.23 Å². The minimum absolute atomic E-state index is 0.715. The molecule has 0 aliphatic rings. The highest BCUT2D eigenvalue weighted by Gasteiger charge is 2.06. The van der Waals surface area contributed by atoms with Crippen LogP contribution in [0.2, 0.25) is 0 Å². The molecule has 0 spiro atoms. The third-order valence-electron chi connectivity index (χ3n) is 3.15. The molecular formula is C17H20O. The van der Waals surface area contributed by atoms with Gasteiger partial charge in [-0.2, -0.15) is 0 Å². The van der Waals surface area contributed by atoms with Crippen LogP contribution in [0, 0.1) is 0 Å². The van der Waals surface area contributed by atoms with Crippen molar-refractivity contribution in [3.63, 3.8) is 0 Å². The second-order valence-electron chi connectivity index (χ2n) is 4.34. The molecule has 0 saturated carbocycles. The summed E-state index contributed by atoms with van der Waals surface area (Å²) in [6.45, 7) is 4.94. The average Bonchev–Trinajstić information content (AvgIpc) is 2.42. The molecular weight excluding hydrogens is 220 g/mol. The lowest BCUT2D eigenvalue weighted by Crippen LogP contribution is -1.99. The first-order chi connectivity index (χ1) is 8.85. The molecule has 0 aliphatic carbocycles. The Balaban J connectivity index is 2.28. The highest BCUT2D eigenvalue weighted by molar-refractivity contribution is 5.40. The lowest BCUT2D eigenvalue weighted by atomic mass is 9.98. The molecule has 0 saturated heterocycles. The predicted molar refractivity (Wildman–Crippen MR) is 76.2 cm³/mol. The van der Waals surface area contributed by atoms with Crippen molar-refractivity contribution >= 4 is 0 Å². The van der Waals surface area contributed by atoms with Gasteiger partial charge in [-0.3, -0.25) is 0 Å². The minimum Gasteiger partial charge on any atom is -0.494 e. The summed E-state index contributed by atoms with van der Waals surface area (Å²) in [5.41, 5.74) is 4.08. The molecule has 2 aromatic carbocycles. The largest absolute Gasteiger partial charge is 0.494 e. The van der Waals surface area contributed by atoms with Gasteiger partial charge in [-0.15, -0.1) is 0 Å². The van der Waals surface area contributed by atoms with Gasteiger partial charge < -0.3 is 4.74 Å². The van der Waals surface area contributed by atoms with Crippen molar-refractivity contribution in [2.75, 3.05) is 6.61 Å². The van der Waals surface area contributed by atoms with Crippen molar-refractivity contribution in [3.8, 4) is 5.75 Å². The van der Waals surface area contributed by atoms with E-state index >= 15 is 0 Å². The zero-order valence-corrected chi connectivity index (χ0v) is 11.1. The molecule has 94 valence electrons. The zero-order chi connectivity index (χ0) is 12.8. The first-order valence-electron chi connectivity index (χ1n) is 6.62. The monoisotopic (exact) mass is 240 g/mol. The number of benzene rings is 2. The molecule has 18 heavy (non-hydrogen) atoms. The van der Waals surface area contributed by atoms with E-state index in [2.05, 4.69) is 43.3 Å². The predicted octanol–water partition coefficient (Wildman–Crippen LogP) is 4.24. The Morgan fingerprint density at radius 1 is 0.778 bits per heavy atom. The number of para-hydroxylation sites is 1.